The van der Waals surface area contributed by atoms with Crippen molar-refractivity contribution in [1.29, 1.82) is 0 Å². The van der Waals surface area contributed by atoms with Crippen molar-refractivity contribution >= 4 is 0 Å². The van der Waals surface area contributed by atoms with Gasteiger partial charge in [0.05, 0.1) is 5.56 Å². The summed E-state index contributed by atoms with van der Waals surface area (Å²) in [4.78, 5) is 0. The highest BCUT2D eigenvalue weighted by Gasteiger charge is 2.34. The zero-order chi connectivity index (χ0) is 13.9. The maximum Gasteiger partial charge on any atom is 0.416 e. The molecule has 1 aromatic rings. The maximum absolute atomic E-state index is 12.7. The van der Waals surface area contributed by atoms with E-state index in [0.29, 0.717) is 6.42 Å². The largest absolute Gasteiger partial charge is 0.416 e. The molecular formula is C15H20F3N. The van der Waals surface area contributed by atoms with Crippen molar-refractivity contribution in [3.05, 3.63) is 35.4 Å². The summed E-state index contributed by atoms with van der Waals surface area (Å²) in [7, 11) is 0. The Bertz CT molecular complexity index is 420. The first-order valence-electron chi connectivity index (χ1n) is 6.86. The lowest BCUT2D eigenvalue weighted by molar-refractivity contribution is -0.137. The summed E-state index contributed by atoms with van der Waals surface area (Å²) in [6.07, 6.45) is 0.660. The third-order valence-electron chi connectivity index (χ3n) is 3.86. The highest BCUT2D eigenvalue weighted by atomic mass is 19.4. The maximum atomic E-state index is 12.7. The van der Waals surface area contributed by atoms with E-state index in [1.807, 2.05) is 0 Å². The summed E-state index contributed by atoms with van der Waals surface area (Å²) in [5.41, 5.74) is 0.228. The minimum absolute atomic E-state index is 0.00102. The molecule has 2 rings (SSSR count). The minimum Gasteiger partial charge on any atom is -0.311 e. The predicted octanol–water partition coefficient (Wildman–Crippen LogP) is 4.17. The predicted molar refractivity (Wildman–Crippen MR) is 70.0 cm³/mol. The van der Waals surface area contributed by atoms with E-state index in [4.69, 9.17) is 0 Å². The fourth-order valence-electron chi connectivity index (χ4n) is 3.05. The number of alkyl halides is 3. The molecule has 1 aliphatic heterocycles. The normalized spacial score (nSPS) is 23.8. The second-order valence-corrected chi connectivity index (χ2v) is 5.44. The Balaban J connectivity index is 2.18. The highest BCUT2D eigenvalue weighted by Crippen LogP contribution is 2.32. The average molecular weight is 271 g/mol. The van der Waals surface area contributed by atoms with Gasteiger partial charge in [-0.2, -0.15) is 13.2 Å². The van der Waals surface area contributed by atoms with Gasteiger partial charge in [-0.05, 0) is 43.9 Å². The molecule has 106 valence electrons. The van der Waals surface area contributed by atoms with Crippen LogP contribution in [0.15, 0.2) is 24.3 Å². The molecule has 1 nitrogen and oxygen atoms in total. The molecule has 1 aromatic carbocycles. The van der Waals surface area contributed by atoms with Gasteiger partial charge < -0.3 is 5.32 Å². The number of benzene rings is 1. The van der Waals surface area contributed by atoms with Gasteiger partial charge in [-0.1, -0.05) is 31.5 Å². The molecule has 4 heteroatoms. The zero-order valence-corrected chi connectivity index (χ0v) is 11.2. The quantitative estimate of drug-likeness (QED) is 0.866. The second kappa shape index (κ2) is 5.53. The lowest BCUT2D eigenvalue weighted by Gasteiger charge is -2.29. The lowest BCUT2D eigenvalue weighted by Crippen LogP contribution is -2.41. The fraction of sp³-hybridized carbons (Fsp3) is 0.600. The molecule has 0 bridgehead atoms. The Morgan fingerprint density at radius 3 is 2.68 bits per heavy atom. The molecule has 1 heterocycles. The Kier molecular flexibility index (Phi) is 4.19. The number of nitrogens with one attached hydrogen (secondary N) is 1. The Morgan fingerprint density at radius 1 is 1.32 bits per heavy atom. The van der Waals surface area contributed by atoms with Crippen molar-refractivity contribution in [3.8, 4) is 0 Å². The number of hydrogen-bond donors (Lipinski definition) is 1. The van der Waals surface area contributed by atoms with Crippen LogP contribution >= 0.6 is 0 Å². The first-order chi connectivity index (χ1) is 8.95. The van der Waals surface area contributed by atoms with E-state index in [9.17, 15) is 13.2 Å². The Labute approximate surface area is 112 Å². The third-order valence-corrected chi connectivity index (χ3v) is 3.86. The minimum atomic E-state index is -4.25. The van der Waals surface area contributed by atoms with E-state index in [1.54, 1.807) is 6.07 Å². The Morgan fingerprint density at radius 2 is 2.11 bits per heavy atom. The van der Waals surface area contributed by atoms with Gasteiger partial charge in [0.1, 0.15) is 0 Å². The molecule has 0 aromatic heterocycles. The first-order valence-corrected chi connectivity index (χ1v) is 6.86. The van der Waals surface area contributed by atoms with Gasteiger partial charge in [-0.15, -0.1) is 0 Å². The molecule has 0 saturated carbocycles. The number of halogens is 3. The lowest BCUT2D eigenvalue weighted by atomic mass is 9.85. The summed E-state index contributed by atoms with van der Waals surface area (Å²) in [5.74, 6) is 0. The monoisotopic (exact) mass is 271 g/mol. The molecule has 1 unspecified atom stereocenters. The molecule has 0 aliphatic carbocycles. The molecule has 1 fully saturated rings. The van der Waals surface area contributed by atoms with E-state index in [0.717, 1.165) is 43.9 Å². The SMILES string of the molecule is CCCC1(Cc2cccc(C(F)(F)F)c2)CCCN1. The van der Waals surface area contributed by atoms with Crippen LogP contribution in [0.5, 0.6) is 0 Å². The van der Waals surface area contributed by atoms with Crippen molar-refractivity contribution in [1.82, 2.24) is 5.32 Å². The van der Waals surface area contributed by atoms with E-state index in [2.05, 4.69) is 12.2 Å². The van der Waals surface area contributed by atoms with Gasteiger partial charge in [0, 0.05) is 5.54 Å². The fourth-order valence-corrected chi connectivity index (χ4v) is 3.05. The van der Waals surface area contributed by atoms with Crippen LogP contribution in [0.4, 0.5) is 13.2 Å². The molecule has 1 N–H and O–H groups in total. The summed E-state index contributed by atoms with van der Waals surface area (Å²) >= 11 is 0. The topological polar surface area (TPSA) is 12.0 Å². The van der Waals surface area contributed by atoms with Crippen LogP contribution in [-0.4, -0.2) is 12.1 Å². The summed E-state index contributed by atoms with van der Waals surface area (Å²) < 4.78 is 38.1. The third kappa shape index (κ3) is 3.50. The van der Waals surface area contributed by atoms with Gasteiger partial charge in [-0.3, -0.25) is 0 Å². The standard InChI is InChI=1S/C15H20F3N/c1-2-7-14(8-4-9-19-14)11-12-5-3-6-13(10-12)15(16,17)18/h3,5-6,10,19H,2,4,7-9,11H2,1H3. The smallest absolute Gasteiger partial charge is 0.311 e. The Hall–Kier alpha value is -1.03. The van der Waals surface area contributed by atoms with Crippen molar-refractivity contribution in [2.45, 2.75) is 50.7 Å². The second-order valence-electron chi connectivity index (χ2n) is 5.44. The van der Waals surface area contributed by atoms with Crippen LogP contribution in [0.2, 0.25) is 0 Å². The molecule has 0 radical (unpaired) electrons. The van der Waals surface area contributed by atoms with Crippen LogP contribution in [0.25, 0.3) is 0 Å². The summed E-state index contributed by atoms with van der Waals surface area (Å²) in [6, 6.07) is 5.73. The zero-order valence-electron chi connectivity index (χ0n) is 11.2. The van der Waals surface area contributed by atoms with Crippen molar-refractivity contribution in [2.75, 3.05) is 6.54 Å². The van der Waals surface area contributed by atoms with E-state index in [1.165, 1.54) is 12.1 Å². The van der Waals surface area contributed by atoms with Gasteiger partial charge in [0.15, 0.2) is 0 Å². The van der Waals surface area contributed by atoms with Crippen molar-refractivity contribution in [3.63, 3.8) is 0 Å². The van der Waals surface area contributed by atoms with Crippen LogP contribution in [0.3, 0.4) is 0 Å². The van der Waals surface area contributed by atoms with E-state index in [-0.39, 0.29) is 5.54 Å². The van der Waals surface area contributed by atoms with Crippen LogP contribution in [-0.2, 0) is 12.6 Å². The molecular weight excluding hydrogens is 251 g/mol. The van der Waals surface area contributed by atoms with Gasteiger partial charge in [0.2, 0.25) is 0 Å². The van der Waals surface area contributed by atoms with Gasteiger partial charge >= 0.3 is 6.18 Å². The molecule has 0 amide bonds. The van der Waals surface area contributed by atoms with Gasteiger partial charge in [-0.25, -0.2) is 0 Å². The van der Waals surface area contributed by atoms with Crippen LogP contribution in [0.1, 0.15) is 43.7 Å². The summed E-state index contributed by atoms with van der Waals surface area (Å²) in [5, 5.41) is 3.50. The molecule has 1 atom stereocenters. The average Bonchev–Trinajstić information content (AvgIpc) is 2.77. The van der Waals surface area contributed by atoms with Crippen LogP contribution in [0, 0.1) is 0 Å². The molecule has 1 saturated heterocycles. The van der Waals surface area contributed by atoms with E-state index < -0.39 is 11.7 Å². The van der Waals surface area contributed by atoms with Crippen LogP contribution < -0.4 is 5.32 Å². The number of hydrogen-bond acceptors (Lipinski definition) is 1. The van der Waals surface area contributed by atoms with Gasteiger partial charge in [0.25, 0.3) is 0 Å². The molecule has 0 spiro atoms. The number of rotatable bonds is 4. The summed E-state index contributed by atoms with van der Waals surface area (Å²) in [6.45, 7) is 3.09. The van der Waals surface area contributed by atoms with E-state index >= 15 is 0 Å². The first kappa shape index (κ1) is 14.4. The molecule has 1 aliphatic rings. The highest BCUT2D eigenvalue weighted by molar-refractivity contribution is 5.27. The molecule has 19 heavy (non-hydrogen) atoms. The van der Waals surface area contributed by atoms with Crippen molar-refractivity contribution < 1.29 is 13.2 Å². The van der Waals surface area contributed by atoms with Crippen molar-refractivity contribution in [2.24, 2.45) is 0 Å².